The Morgan fingerprint density at radius 2 is 2.44 bits per heavy atom. The monoisotopic (exact) mass is 281 g/mol. The van der Waals surface area contributed by atoms with E-state index in [2.05, 4.69) is 27.9 Å². The third kappa shape index (κ3) is 2.20. The second-order valence-corrected chi connectivity index (χ2v) is 6.90. The molecule has 2 aromatic heterocycles. The molecule has 3 nitrogen and oxygen atoms in total. The molecule has 0 saturated carbocycles. The summed E-state index contributed by atoms with van der Waals surface area (Å²) in [5, 5.41) is 3.44. The first-order valence-electron chi connectivity index (χ1n) is 6.13. The molecule has 0 bridgehead atoms. The van der Waals surface area contributed by atoms with Crippen molar-refractivity contribution in [3.63, 3.8) is 0 Å². The fraction of sp³-hybridized carbons (Fsp3) is 0.462. The number of thiophene rings is 1. The summed E-state index contributed by atoms with van der Waals surface area (Å²) in [5.74, 6) is 0. The lowest BCUT2D eigenvalue weighted by Gasteiger charge is -2.24. The number of aromatic nitrogens is 2. The van der Waals surface area contributed by atoms with Crippen LogP contribution in [0.2, 0.25) is 4.34 Å². The molecule has 1 N–H and O–H groups in total. The van der Waals surface area contributed by atoms with Crippen molar-refractivity contribution in [1.29, 1.82) is 0 Å². The van der Waals surface area contributed by atoms with Crippen LogP contribution in [0, 0.1) is 0 Å². The maximum absolute atomic E-state index is 5.98. The summed E-state index contributed by atoms with van der Waals surface area (Å²) in [6.45, 7) is 5.29. The van der Waals surface area contributed by atoms with Crippen LogP contribution in [-0.4, -0.2) is 22.6 Å². The summed E-state index contributed by atoms with van der Waals surface area (Å²) >= 11 is 7.62. The van der Waals surface area contributed by atoms with Crippen molar-refractivity contribution < 1.29 is 0 Å². The molecule has 96 valence electrons. The Labute approximate surface area is 116 Å². The van der Waals surface area contributed by atoms with Crippen LogP contribution in [0.1, 0.15) is 23.9 Å². The lowest BCUT2D eigenvalue weighted by atomic mass is 9.86. The standard InChI is InChI=1S/C13H16ClN3S/c1-13(4-5-15-8-13)11-6-16-9-17(11)7-10-2-3-12(14)18-10/h2-3,6,9,15H,4-5,7-8H2,1H3. The molecule has 0 aliphatic carbocycles. The van der Waals surface area contributed by atoms with Gasteiger partial charge in [-0.1, -0.05) is 18.5 Å². The van der Waals surface area contributed by atoms with Gasteiger partial charge in [-0.25, -0.2) is 4.98 Å². The quantitative estimate of drug-likeness (QED) is 0.938. The molecule has 0 aromatic carbocycles. The van der Waals surface area contributed by atoms with Crippen LogP contribution in [0.4, 0.5) is 0 Å². The zero-order valence-electron chi connectivity index (χ0n) is 10.3. The first kappa shape index (κ1) is 12.2. The zero-order chi connectivity index (χ0) is 12.6. The van der Waals surface area contributed by atoms with Crippen molar-refractivity contribution in [1.82, 2.24) is 14.9 Å². The van der Waals surface area contributed by atoms with Gasteiger partial charge in [-0.3, -0.25) is 0 Å². The topological polar surface area (TPSA) is 29.9 Å². The van der Waals surface area contributed by atoms with E-state index in [-0.39, 0.29) is 5.41 Å². The average molecular weight is 282 g/mol. The maximum Gasteiger partial charge on any atom is 0.0951 e. The van der Waals surface area contributed by atoms with Gasteiger partial charge in [-0.05, 0) is 25.1 Å². The summed E-state index contributed by atoms with van der Waals surface area (Å²) < 4.78 is 3.09. The fourth-order valence-corrected chi connectivity index (χ4v) is 3.68. The highest BCUT2D eigenvalue weighted by Gasteiger charge is 2.33. The van der Waals surface area contributed by atoms with Crippen molar-refractivity contribution >= 4 is 22.9 Å². The van der Waals surface area contributed by atoms with Gasteiger partial charge in [0.05, 0.1) is 17.2 Å². The summed E-state index contributed by atoms with van der Waals surface area (Å²) in [7, 11) is 0. The van der Waals surface area contributed by atoms with Crippen molar-refractivity contribution in [3.8, 4) is 0 Å². The Morgan fingerprint density at radius 1 is 1.56 bits per heavy atom. The Balaban J connectivity index is 1.87. The minimum absolute atomic E-state index is 0.206. The maximum atomic E-state index is 5.98. The average Bonchev–Trinajstić information content (AvgIpc) is 3.02. The van der Waals surface area contributed by atoms with Crippen molar-refractivity contribution in [2.45, 2.75) is 25.3 Å². The minimum Gasteiger partial charge on any atom is -0.329 e. The van der Waals surface area contributed by atoms with Gasteiger partial charge in [0.15, 0.2) is 0 Å². The Morgan fingerprint density at radius 3 is 3.11 bits per heavy atom. The van der Waals surface area contributed by atoms with Gasteiger partial charge in [-0.15, -0.1) is 11.3 Å². The van der Waals surface area contributed by atoms with E-state index in [0.717, 1.165) is 24.0 Å². The van der Waals surface area contributed by atoms with Gasteiger partial charge in [0.1, 0.15) is 0 Å². The lowest BCUT2D eigenvalue weighted by molar-refractivity contribution is 0.482. The van der Waals surface area contributed by atoms with E-state index in [4.69, 9.17) is 11.6 Å². The molecule has 1 aliphatic heterocycles. The predicted octanol–water partition coefficient (Wildman–Crippen LogP) is 2.90. The number of rotatable bonds is 3. The number of nitrogens with zero attached hydrogens (tertiary/aromatic N) is 2. The molecule has 0 radical (unpaired) electrons. The van der Waals surface area contributed by atoms with Crippen LogP contribution in [0.5, 0.6) is 0 Å². The highest BCUT2D eigenvalue weighted by atomic mass is 35.5. The number of nitrogens with one attached hydrogen (secondary N) is 1. The van der Waals surface area contributed by atoms with Crippen LogP contribution >= 0.6 is 22.9 Å². The van der Waals surface area contributed by atoms with Gasteiger partial charge in [0.2, 0.25) is 0 Å². The van der Waals surface area contributed by atoms with Crippen molar-refractivity contribution in [2.24, 2.45) is 0 Å². The first-order valence-corrected chi connectivity index (χ1v) is 7.32. The van der Waals surface area contributed by atoms with E-state index in [0.29, 0.717) is 0 Å². The normalized spacial score (nSPS) is 23.7. The van der Waals surface area contributed by atoms with E-state index in [1.54, 1.807) is 11.3 Å². The summed E-state index contributed by atoms with van der Waals surface area (Å²) in [6, 6.07) is 4.04. The van der Waals surface area contributed by atoms with Gasteiger partial charge in [-0.2, -0.15) is 0 Å². The lowest BCUT2D eigenvalue weighted by Crippen LogP contribution is -2.28. The third-order valence-corrected chi connectivity index (χ3v) is 4.87. The van der Waals surface area contributed by atoms with Crippen LogP contribution < -0.4 is 5.32 Å². The van der Waals surface area contributed by atoms with E-state index in [9.17, 15) is 0 Å². The molecule has 1 saturated heterocycles. The highest BCUT2D eigenvalue weighted by Crippen LogP contribution is 2.31. The minimum atomic E-state index is 0.206. The smallest absolute Gasteiger partial charge is 0.0951 e. The van der Waals surface area contributed by atoms with Crippen LogP contribution in [-0.2, 0) is 12.0 Å². The second kappa shape index (κ2) is 4.68. The number of hydrogen-bond donors (Lipinski definition) is 1. The molecule has 0 spiro atoms. The van der Waals surface area contributed by atoms with Gasteiger partial charge in [0, 0.05) is 28.7 Å². The fourth-order valence-electron chi connectivity index (χ4n) is 2.59. The molecular formula is C13H16ClN3S. The second-order valence-electron chi connectivity index (χ2n) is 5.10. The van der Waals surface area contributed by atoms with Crippen molar-refractivity contribution in [3.05, 3.63) is 39.6 Å². The SMILES string of the molecule is CC1(c2cncn2Cc2ccc(Cl)s2)CCNC1. The van der Waals surface area contributed by atoms with Crippen LogP contribution in [0.3, 0.4) is 0 Å². The van der Waals surface area contributed by atoms with E-state index in [1.807, 2.05) is 18.6 Å². The van der Waals surface area contributed by atoms with E-state index >= 15 is 0 Å². The summed E-state index contributed by atoms with van der Waals surface area (Å²) in [6.07, 6.45) is 5.10. The molecular weight excluding hydrogens is 266 g/mol. The highest BCUT2D eigenvalue weighted by molar-refractivity contribution is 7.16. The summed E-state index contributed by atoms with van der Waals surface area (Å²) in [5.41, 5.74) is 1.52. The van der Waals surface area contributed by atoms with Gasteiger partial charge >= 0.3 is 0 Å². The summed E-state index contributed by atoms with van der Waals surface area (Å²) in [4.78, 5) is 5.59. The number of hydrogen-bond acceptors (Lipinski definition) is 3. The first-order chi connectivity index (χ1) is 8.67. The molecule has 1 unspecified atom stereocenters. The predicted molar refractivity (Wildman–Crippen MR) is 75.5 cm³/mol. The molecule has 3 heterocycles. The largest absolute Gasteiger partial charge is 0.329 e. The van der Waals surface area contributed by atoms with Crippen molar-refractivity contribution in [2.75, 3.05) is 13.1 Å². The zero-order valence-corrected chi connectivity index (χ0v) is 11.9. The molecule has 0 amide bonds. The molecule has 1 fully saturated rings. The molecule has 3 rings (SSSR count). The Kier molecular flexibility index (Phi) is 3.18. The van der Waals surface area contributed by atoms with Crippen LogP contribution in [0.15, 0.2) is 24.7 Å². The molecule has 5 heteroatoms. The van der Waals surface area contributed by atoms with Crippen LogP contribution in [0.25, 0.3) is 0 Å². The van der Waals surface area contributed by atoms with Gasteiger partial charge < -0.3 is 9.88 Å². The molecule has 1 aliphatic rings. The number of imidazole rings is 1. The molecule has 2 aromatic rings. The van der Waals surface area contributed by atoms with E-state index in [1.165, 1.54) is 17.0 Å². The molecule has 1 atom stereocenters. The van der Waals surface area contributed by atoms with Gasteiger partial charge in [0.25, 0.3) is 0 Å². The third-order valence-electron chi connectivity index (χ3n) is 3.65. The number of halogens is 1. The van der Waals surface area contributed by atoms with E-state index < -0.39 is 0 Å². The molecule has 18 heavy (non-hydrogen) atoms. The Hall–Kier alpha value is -0.840. The Bertz CT molecular complexity index is 540.